The molecule has 88 valence electrons. The SMILES string of the molecule is NNC(=O)c1ccc(CSc2nncs2)nc1. The predicted molar refractivity (Wildman–Crippen MR) is 65.4 cm³/mol. The van der Waals surface area contributed by atoms with Crippen LogP contribution in [-0.4, -0.2) is 21.1 Å². The molecule has 0 aliphatic carbocycles. The zero-order chi connectivity index (χ0) is 12.1. The quantitative estimate of drug-likeness (QED) is 0.369. The Balaban J connectivity index is 1.96. The number of nitrogens with two attached hydrogens (primary N) is 1. The average molecular weight is 267 g/mol. The molecule has 0 saturated heterocycles. The van der Waals surface area contributed by atoms with E-state index < -0.39 is 0 Å². The maximum Gasteiger partial charge on any atom is 0.266 e. The van der Waals surface area contributed by atoms with Crippen molar-refractivity contribution in [3.8, 4) is 0 Å². The number of carbonyl (C=O) groups is 1. The van der Waals surface area contributed by atoms with Crippen LogP contribution in [0.3, 0.4) is 0 Å². The molecular weight excluding hydrogens is 258 g/mol. The molecule has 0 aliphatic rings. The van der Waals surface area contributed by atoms with Gasteiger partial charge in [-0.15, -0.1) is 10.2 Å². The van der Waals surface area contributed by atoms with Gasteiger partial charge in [0.2, 0.25) is 0 Å². The monoisotopic (exact) mass is 267 g/mol. The number of nitrogens with one attached hydrogen (secondary N) is 1. The summed E-state index contributed by atoms with van der Waals surface area (Å²) in [5, 5.41) is 7.66. The molecule has 0 aliphatic heterocycles. The van der Waals surface area contributed by atoms with E-state index in [1.54, 1.807) is 29.4 Å². The van der Waals surface area contributed by atoms with E-state index in [2.05, 4.69) is 20.6 Å². The third-order valence-electron chi connectivity index (χ3n) is 1.90. The summed E-state index contributed by atoms with van der Waals surface area (Å²) >= 11 is 3.04. The van der Waals surface area contributed by atoms with E-state index in [1.807, 2.05) is 0 Å². The van der Waals surface area contributed by atoms with Crippen LogP contribution in [0.2, 0.25) is 0 Å². The number of amides is 1. The molecule has 3 N–H and O–H groups in total. The maximum atomic E-state index is 11.2. The zero-order valence-corrected chi connectivity index (χ0v) is 10.3. The van der Waals surface area contributed by atoms with Crippen LogP contribution < -0.4 is 11.3 Å². The van der Waals surface area contributed by atoms with Crippen molar-refractivity contribution in [3.05, 3.63) is 35.1 Å². The lowest BCUT2D eigenvalue weighted by Gasteiger charge is -2.01. The molecule has 2 rings (SSSR count). The van der Waals surface area contributed by atoms with Crippen molar-refractivity contribution in [2.45, 2.75) is 10.1 Å². The highest BCUT2D eigenvalue weighted by Gasteiger charge is 2.04. The first-order valence-corrected chi connectivity index (χ1v) is 6.51. The molecule has 0 radical (unpaired) electrons. The number of rotatable bonds is 4. The van der Waals surface area contributed by atoms with Gasteiger partial charge >= 0.3 is 0 Å². The van der Waals surface area contributed by atoms with Crippen LogP contribution in [0.25, 0.3) is 0 Å². The lowest BCUT2D eigenvalue weighted by Crippen LogP contribution is -2.30. The summed E-state index contributed by atoms with van der Waals surface area (Å²) in [6.45, 7) is 0. The molecule has 6 nitrogen and oxygen atoms in total. The van der Waals surface area contributed by atoms with Crippen LogP contribution >= 0.6 is 23.1 Å². The van der Waals surface area contributed by atoms with E-state index in [4.69, 9.17) is 5.84 Å². The Kier molecular flexibility index (Phi) is 4.02. The minimum absolute atomic E-state index is 0.346. The third kappa shape index (κ3) is 3.22. The third-order valence-corrected chi connectivity index (χ3v) is 3.80. The number of pyridine rings is 1. The normalized spacial score (nSPS) is 10.2. The molecule has 0 fully saturated rings. The van der Waals surface area contributed by atoms with E-state index in [9.17, 15) is 4.79 Å². The number of hydrogen-bond donors (Lipinski definition) is 2. The second-order valence-electron chi connectivity index (χ2n) is 3.00. The number of thioether (sulfide) groups is 1. The first-order chi connectivity index (χ1) is 8.29. The van der Waals surface area contributed by atoms with Crippen molar-refractivity contribution < 1.29 is 4.79 Å². The van der Waals surface area contributed by atoms with E-state index in [1.165, 1.54) is 17.5 Å². The molecule has 0 spiro atoms. The van der Waals surface area contributed by atoms with E-state index in [0.717, 1.165) is 10.0 Å². The topological polar surface area (TPSA) is 93.8 Å². The van der Waals surface area contributed by atoms with Gasteiger partial charge in [-0.3, -0.25) is 15.2 Å². The summed E-state index contributed by atoms with van der Waals surface area (Å²) in [7, 11) is 0. The summed E-state index contributed by atoms with van der Waals surface area (Å²) in [6, 6.07) is 3.48. The highest BCUT2D eigenvalue weighted by molar-refractivity contribution is 8.00. The fourth-order valence-electron chi connectivity index (χ4n) is 1.09. The lowest BCUT2D eigenvalue weighted by molar-refractivity contribution is 0.0953. The first-order valence-electron chi connectivity index (χ1n) is 4.64. The van der Waals surface area contributed by atoms with E-state index in [0.29, 0.717) is 11.3 Å². The second-order valence-corrected chi connectivity index (χ2v) is 5.06. The van der Waals surface area contributed by atoms with Gasteiger partial charge in [-0.2, -0.15) is 0 Å². The molecule has 0 saturated carbocycles. The standard InChI is InChI=1S/C9H9N5OS2/c10-13-8(15)6-1-2-7(11-3-6)4-16-9-14-12-5-17-9/h1-3,5H,4,10H2,(H,13,15). The van der Waals surface area contributed by atoms with Crippen molar-refractivity contribution in [2.24, 2.45) is 5.84 Å². The fourth-order valence-corrected chi connectivity index (χ4v) is 2.49. The Morgan fingerprint density at radius 1 is 1.53 bits per heavy atom. The molecule has 1 amide bonds. The predicted octanol–water partition coefficient (Wildman–Crippen LogP) is 0.829. The summed E-state index contributed by atoms with van der Waals surface area (Å²) in [6.07, 6.45) is 1.50. The highest BCUT2D eigenvalue weighted by Crippen LogP contribution is 2.22. The second kappa shape index (κ2) is 5.71. The lowest BCUT2D eigenvalue weighted by atomic mass is 10.2. The molecule has 8 heteroatoms. The Hall–Kier alpha value is -1.51. The number of hydrogen-bond acceptors (Lipinski definition) is 7. The van der Waals surface area contributed by atoms with Crippen molar-refractivity contribution in [1.82, 2.24) is 20.6 Å². The van der Waals surface area contributed by atoms with Crippen LogP contribution in [0.5, 0.6) is 0 Å². The Morgan fingerprint density at radius 2 is 2.41 bits per heavy atom. The highest BCUT2D eigenvalue weighted by atomic mass is 32.2. The molecule has 17 heavy (non-hydrogen) atoms. The van der Waals surface area contributed by atoms with Crippen molar-refractivity contribution in [1.29, 1.82) is 0 Å². The van der Waals surface area contributed by atoms with Gasteiger partial charge in [-0.05, 0) is 12.1 Å². The van der Waals surface area contributed by atoms with Crippen LogP contribution in [0.15, 0.2) is 28.2 Å². The van der Waals surface area contributed by atoms with Crippen molar-refractivity contribution in [2.75, 3.05) is 0 Å². The van der Waals surface area contributed by atoms with Crippen LogP contribution in [0, 0.1) is 0 Å². The zero-order valence-electron chi connectivity index (χ0n) is 8.66. The van der Waals surface area contributed by atoms with Crippen molar-refractivity contribution in [3.63, 3.8) is 0 Å². The number of nitrogens with zero attached hydrogens (tertiary/aromatic N) is 3. The molecule has 2 heterocycles. The van der Waals surface area contributed by atoms with Crippen LogP contribution in [0.1, 0.15) is 16.1 Å². The summed E-state index contributed by atoms with van der Waals surface area (Å²) < 4.78 is 0.899. The van der Waals surface area contributed by atoms with Gasteiger partial charge in [0.15, 0.2) is 4.34 Å². The molecular formula is C9H9N5OS2. The van der Waals surface area contributed by atoms with Crippen LogP contribution in [-0.2, 0) is 5.75 Å². The Labute approximate surface area is 106 Å². The molecule has 0 aromatic carbocycles. The number of hydrazine groups is 1. The minimum Gasteiger partial charge on any atom is -0.290 e. The van der Waals surface area contributed by atoms with Gasteiger partial charge in [-0.1, -0.05) is 23.1 Å². The Bertz CT molecular complexity index is 485. The largest absolute Gasteiger partial charge is 0.290 e. The molecule has 0 atom stereocenters. The summed E-state index contributed by atoms with van der Waals surface area (Å²) in [5.74, 6) is 5.37. The molecule has 2 aromatic rings. The summed E-state index contributed by atoms with van der Waals surface area (Å²) in [4.78, 5) is 15.3. The van der Waals surface area contributed by atoms with Gasteiger partial charge in [0.05, 0.1) is 11.3 Å². The van der Waals surface area contributed by atoms with Gasteiger partial charge in [0.25, 0.3) is 5.91 Å². The van der Waals surface area contributed by atoms with E-state index in [-0.39, 0.29) is 5.91 Å². The van der Waals surface area contributed by atoms with E-state index >= 15 is 0 Å². The number of carbonyl (C=O) groups excluding carboxylic acids is 1. The van der Waals surface area contributed by atoms with Gasteiger partial charge in [0, 0.05) is 11.9 Å². The van der Waals surface area contributed by atoms with Crippen LogP contribution in [0.4, 0.5) is 0 Å². The number of nitrogen functional groups attached to an aromatic ring is 1. The maximum absolute atomic E-state index is 11.2. The first kappa shape index (κ1) is 12.0. The molecule has 2 aromatic heterocycles. The van der Waals surface area contributed by atoms with Gasteiger partial charge < -0.3 is 0 Å². The van der Waals surface area contributed by atoms with Gasteiger partial charge in [0.1, 0.15) is 5.51 Å². The van der Waals surface area contributed by atoms with Gasteiger partial charge in [-0.25, -0.2) is 5.84 Å². The fraction of sp³-hybridized carbons (Fsp3) is 0.111. The number of aromatic nitrogens is 3. The molecule has 0 unspecified atom stereocenters. The molecule has 0 bridgehead atoms. The summed E-state index contributed by atoms with van der Waals surface area (Å²) in [5.41, 5.74) is 5.06. The smallest absolute Gasteiger partial charge is 0.266 e. The Morgan fingerprint density at radius 3 is 3.00 bits per heavy atom. The average Bonchev–Trinajstić information content (AvgIpc) is 2.89. The van der Waals surface area contributed by atoms with Crippen molar-refractivity contribution >= 4 is 29.0 Å². The minimum atomic E-state index is -0.346.